The van der Waals surface area contributed by atoms with Gasteiger partial charge in [-0.1, -0.05) is 6.92 Å². The molecule has 0 saturated carbocycles. The van der Waals surface area contributed by atoms with Gasteiger partial charge in [0.1, 0.15) is 0 Å². The molecule has 1 aliphatic rings. The van der Waals surface area contributed by atoms with Crippen molar-refractivity contribution in [3.05, 3.63) is 0 Å². The summed E-state index contributed by atoms with van der Waals surface area (Å²) in [5.41, 5.74) is 5.53. The zero-order valence-electron chi connectivity index (χ0n) is 9.49. The highest BCUT2D eigenvalue weighted by atomic mass is 16.2. The number of amides is 1. The monoisotopic (exact) mass is 198 g/mol. The van der Waals surface area contributed by atoms with E-state index in [9.17, 15) is 4.79 Å². The molecule has 82 valence electrons. The minimum Gasteiger partial charge on any atom is -0.340 e. The van der Waals surface area contributed by atoms with Crippen molar-refractivity contribution in [2.24, 2.45) is 17.6 Å². The molecular formula is C11H22N2O. The Hall–Kier alpha value is -0.570. The molecule has 2 N–H and O–H groups in total. The van der Waals surface area contributed by atoms with Gasteiger partial charge < -0.3 is 10.6 Å². The fraction of sp³-hybridized carbons (Fsp3) is 0.909. The molecule has 0 aromatic carbocycles. The second kappa shape index (κ2) is 4.78. The van der Waals surface area contributed by atoms with E-state index in [1.807, 2.05) is 4.90 Å². The second-order valence-electron chi connectivity index (χ2n) is 4.66. The van der Waals surface area contributed by atoms with E-state index in [0.717, 1.165) is 25.9 Å². The Kier molecular flexibility index (Phi) is 3.93. The Morgan fingerprint density at radius 2 is 2.14 bits per heavy atom. The molecule has 1 heterocycles. The third-order valence-corrected chi connectivity index (χ3v) is 3.24. The van der Waals surface area contributed by atoms with Gasteiger partial charge in [-0.15, -0.1) is 0 Å². The molecule has 0 bridgehead atoms. The van der Waals surface area contributed by atoms with Crippen LogP contribution in [0, 0.1) is 11.8 Å². The maximum absolute atomic E-state index is 11.6. The number of hydrogen-bond acceptors (Lipinski definition) is 2. The highest BCUT2D eigenvalue weighted by molar-refractivity contribution is 5.78. The van der Waals surface area contributed by atoms with Crippen molar-refractivity contribution >= 4 is 5.91 Å². The fourth-order valence-electron chi connectivity index (χ4n) is 2.14. The van der Waals surface area contributed by atoms with Crippen LogP contribution in [0.2, 0.25) is 0 Å². The zero-order chi connectivity index (χ0) is 10.7. The lowest BCUT2D eigenvalue weighted by Gasteiger charge is -2.22. The molecule has 1 rings (SSSR count). The van der Waals surface area contributed by atoms with Crippen LogP contribution in [0.25, 0.3) is 0 Å². The molecule has 1 fully saturated rings. The predicted molar refractivity (Wildman–Crippen MR) is 57.8 cm³/mol. The molecule has 14 heavy (non-hydrogen) atoms. The first-order valence-corrected chi connectivity index (χ1v) is 5.55. The quantitative estimate of drug-likeness (QED) is 0.738. The molecule has 3 heteroatoms. The third-order valence-electron chi connectivity index (χ3n) is 3.24. The molecule has 1 saturated heterocycles. The molecular weight excluding hydrogens is 176 g/mol. The van der Waals surface area contributed by atoms with Crippen LogP contribution in [0.5, 0.6) is 0 Å². The Balaban J connectivity index is 2.50. The van der Waals surface area contributed by atoms with Crippen LogP contribution < -0.4 is 5.73 Å². The maximum Gasteiger partial charge on any atom is 0.223 e. The van der Waals surface area contributed by atoms with Crippen molar-refractivity contribution in [1.29, 1.82) is 0 Å². The Morgan fingerprint density at radius 1 is 1.50 bits per heavy atom. The van der Waals surface area contributed by atoms with Crippen molar-refractivity contribution in [3.63, 3.8) is 0 Å². The zero-order valence-corrected chi connectivity index (χ0v) is 9.49. The summed E-state index contributed by atoms with van der Waals surface area (Å²) in [6, 6.07) is 0.345. The van der Waals surface area contributed by atoms with Gasteiger partial charge in [-0.3, -0.25) is 4.79 Å². The fourth-order valence-corrected chi connectivity index (χ4v) is 2.14. The summed E-state index contributed by atoms with van der Waals surface area (Å²) in [7, 11) is 0. The van der Waals surface area contributed by atoms with Gasteiger partial charge in [0.15, 0.2) is 0 Å². The van der Waals surface area contributed by atoms with Crippen LogP contribution in [-0.4, -0.2) is 29.9 Å². The van der Waals surface area contributed by atoms with E-state index in [1.54, 1.807) is 0 Å². The van der Waals surface area contributed by atoms with E-state index < -0.39 is 0 Å². The first-order chi connectivity index (χ1) is 6.56. The average Bonchev–Trinajstić information content (AvgIpc) is 2.48. The van der Waals surface area contributed by atoms with Gasteiger partial charge in [-0.25, -0.2) is 0 Å². The number of carbonyl (C=O) groups is 1. The number of carbonyl (C=O) groups excluding carboxylic acids is 1. The molecule has 3 nitrogen and oxygen atoms in total. The van der Waals surface area contributed by atoms with Gasteiger partial charge >= 0.3 is 0 Å². The van der Waals surface area contributed by atoms with Gasteiger partial charge in [0.05, 0.1) is 0 Å². The lowest BCUT2D eigenvalue weighted by atomic mass is 9.90. The number of nitrogens with zero attached hydrogens (tertiary/aromatic N) is 1. The number of nitrogens with two attached hydrogens (primary N) is 1. The van der Waals surface area contributed by atoms with Gasteiger partial charge in [-0.05, 0) is 38.6 Å². The van der Waals surface area contributed by atoms with Crippen LogP contribution in [-0.2, 0) is 4.79 Å². The maximum atomic E-state index is 11.6. The first kappa shape index (κ1) is 11.5. The van der Waals surface area contributed by atoms with Crippen LogP contribution in [0.3, 0.4) is 0 Å². The molecule has 2 unspecified atom stereocenters. The van der Waals surface area contributed by atoms with E-state index in [4.69, 9.17) is 5.73 Å². The molecule has 2 atom stereocenters. The summed E-state index contributed by atoms with van der Waals surface area (Å²) in [6.07, 6.45) is 1.75. The van der Waals surface area contributed by atoms with E-state index in [1.165, 1.54) is 0 Å². The largest absolute Gasteiger partial charge is 0.340 e. The van der Waals surface area contributed by atoms with Gasteiger partial charge in [0.2, 0.25) is 5.91 Å². The summed E-state index contributed by atoms with van der Waals surface area (Å²) in [4.78, 5) is 13.6. The number of rotatable bonds is 4. The topological polar surface area (TPSA) is 46.3 Å². The summed E-state index contributed by atoms with van der Waals surface area (Å²) in [5.74, 6) is 1.41. The van der Waals surface area contributed by atoms with Crippen molar-refractivity contribution in [2.45, 2.75) is 39.7 Å². The smallest absolute Gasteiger partial charge is 0.223 e. The molecule has 1 aliphatic heterocycles. The minimum absolute atomic E-state index is 0.314. The summed E-state index contributed by atoms with van der Waals surface area (Å²) in [6.45, 7) is 8.02. The van der Waals surface area contributed by atoms with Crippen LogP contribution in [0.15, 0.2) is 0 Å². The van der Waals surface area contributed by atoms with Crippen LogP contribution in [0.4, 0.5) is 0 Å². The third kappa shape index (κ3) is 2.47. The van der Waals surface area contributed by atoms with Gasteiger partial charge in [0.25, 0.3) is 0 Å². The van der Waals surface area contributed by atoms with Crippen LogP contribution >= 0.6 is 0 Å². The second-order valence-corrected chi connectivity index (χ2v) is 4.66. The van der Waals surface area contributed by atoms with E-state index in [-0.39, 0.29) is 0 Å². The minimum atomic E-state index is 0.314. The number of hydrogen-bond donors (Lipinski definition) is 1. The SMILES string of the molecule is CC(CCN)C1CC(=O)N(C(C)C)C1. The lowest BCUT2D eigenvalue weighted by Crippen LogP contribution is -2.32. The van der Waals surface area contributed by atoms with Crippen molar-refractivity contribution in [2.75, 3.05) is 13.1 Å². The summed E-state index contributed by atoms with van der Waals surface area (Å²) < 4.78 is 0. The van der Waals surface area contributed by atoms with Crippen molar-refractivity contribution < 1.29 is 4.79 Å². The molecule has 0 aromatic heterocycles. The molecule has 0 spiro atoms. The number of likely N-dealkylation sites (tertiary alicyclic amines) is 1. The highest BCUT2D eigenvalue weighted by Crippen LogP contribution is 2.27. The van der Waals surface area contributed by atoms with E-state index in [2.05, 4.69) is 20.8 Å². The predicted octanol–water partition coefficient (Wildman–Crippen LogP) is 1.23. The molecule has 0 aliphatic carbocycles. The van der Waals surface area contributed by atoms with E-state index in [0.29, 0.717) is 23.8 Å². The van der Waals surface area contributed by atoms with Gasteiger partial charge in [-0.2, -0.15) is 0 Å². The van der Waals surface area contributed by atoms with Gasteiger partial charge in [0, 0.05) is 19.0 Å². The Labute approximate surface area is 86.6 Å². The summed E-state index contributed by atoms with van der Waals surface area (Å²) in [5, 5.41) is 0. The Morgan fingerprint density at radius 3 is 2.57 bits per heavy atom. The molecule has 0 radical (unpaired) electrons. The van der Waals surface area contributed by atoms with Crippen molar-refractivity contribution in [3.8, 4) is 0 Å². The summed E-state index contributed by atoms with van der Waals surface area (Å²) >= 11 is 0. The van der Waals surface area contributed by atoms with Crippen molar-refractivity contribution in [1.82, 2.24) is 4.90 Å². The molecule has 1 amide bonds. The van der Waals surface area contributed by atoms with E-state index >= 15 is 0 Å². The lowest BCUT2D eigenvalue weighted by molar-refractivity contribution is -0.129. The highest BCUT2D eigenvalue weighted by Gasteiger charge is 2.33. The standard InChI is InChI=1S/C11H22N2O/c1-8(2)13-7-10(6-11(13)14)9(3)4-5-12/h8-10H,4-7,12H2,1-3H3. The van der Waals surface area contributed by atoms with Crippen LogP contribution in [0.1, 0.15) is 33.6 Å². The first-order valence-electron chi connectivity index (χ1n) is 5.55. The average molecular weight is 198 g/mol. The Bertz CT molecular complexity index is 203. The molecule has 0 aromatic rings. The normalized spacial score (nSPS) is 24.8.